The fraction of sp³-hybridized carbons (Fsp3) is 0.400. The number of aliphatic hydroxyl groups excluding tert-OH is 1. The molecule has 0 aromatic heterocycles. The minimum Gasteiger partial charge on any atom is -0.395 e. The van der Waals surface area contributed by atoms with Crippen LogP contribution in [0.1, 0.15) is 12.5 Å². The lowest BCUT2D eigenvalue weighted by atomic mass is 10.2. The van der Waals surface area contributed by atoms with E-state index in [-0.39, 0.29) is 11.5 Å². The second-order valence-electron chi connectivity index (χ2n) is 3.64. The smallest absolute Gasteiger partial charge is 0.242 e. The summed E-state index contributed by atoms with van der Waals surface area (Å²) in [6.07, 6.45) is 0. The van der Waals surface area contributed by atoms with Crippen LogP contribution in [0.25, 0.3) is 0 Å². The number of nitrogens with one attached hydrogen (secondary N) is 1. The Kier molecular flexibility index (Phi) is 4.49. The predicted molar refractivity (Wildman–Crippen MR) is 65.7 cm³/mol. The van der Waals surface area contributed by atoms with Gasteiger partial charge in [0.05, 0.1) is 11.5 Å². The van der Waals surface area contributed by atoms with Crippen LogP contribution in [-0.4, -0.2) is 26.2 Å². The predicted octanol–water partition coefficient (Wildman–Crippen LogP) is 1.42. The van der Waals surface area contributed by atoms with Gasteiger partial charge < -0.3 is 5.11 Å². The molecule has 0 aliphatic carbocycles. The molecule has 1 aromatic rings. The average Bonchev–Trinajstić information content (AvgIpc) is 2.16. The van der Waals surface area contributed by atoms with Crippen LogP contribution in [0, 0.1) is 6.92 Å². The second-order valence-corrected chi connectivity index (χ2v) is 6.18. The number of aliphatic hydroxyl groups is 1. The highest BCUT2D eigenvalue weighted by molar-refractivity contribution is 9.10. The molecule has 0 unspecified atom stereocenters. The summed E-state index contributed by atoms with van der Waals surface area (Å²) in [6.45, 7) is 3.24. The van der Waals surface area contributed by atoms with Crippen molar-refractivity contribution >= 4 is 26.0 Å². The van der Waals surface area contributed by atoms with Crippen LogP contribution in [0.15, 0.2) is 27.6 Å². The van der Waals surface area contributed by atoms with Crippen molar-refractivity contribution < 1.29 is 13.5 Å². The third-order valence-corrected chi connectivity index (χ3v) is 4.57. The number of sulfonamides is 1. The Hall–Kier alpha value is -0.430. The van der Waals surface area contributed by atoms with E-state index < -0.39 is 16.1 Å². The molecule has 16 heavy (non-hydrogen) atoms. The summed E-state index contributed by atoms with van der Waals surface area (Å²) < 4.78 is 26.7. The molecule has 0 aliphatic heterocycles. The van der Waals surface area contributed by atoms with Crippen LogP contribution in [0.4, 0.5) is 0 Å². The van der Waals surface area contributed by atoms with Gasteiger partial charge in [0.25, 0.3) is 0 Å². The van der Waals surface area contributed by atoms with E-state index in [4.69, 9.17) is 5.11 Å². The Morgan fingerprint density at radius 1 is 1.50 bits per heavy atom. The average molecular weight is 308 g/mol. The summed E-state index contributed by atoms with van der Waals surface area (Å²) in [4.78, 5) is 0.179. The number of halogens is 1. The molecule has 1 aromatic carbocycles. The van der Waals surface area contributed by atoms with Crippen molar-refractivity contribution in [3.8, 4) is 0 Å². The molecule has 0 heterocycles. The summed E-state index contributed by atoms with van der Waals surface area (Å²) in [5.41, 5.74) is 0.973. The first-order valence-electron chi connectivity index (χ1n) is 4.76. The lowest BCUT2D eigenvalue weighted by Gasteiger charge is -2.12. The van der Waals surface area contributed by atoms with Gasteiger partial charge in [0.1, 0.15) is 0 Å². The molecule has 90 valence electrons. The molecule has 0 saturated heterocycles. The fourth-order valence-corrected chi connectivity index (χ4v) is 3.62. The maximum absolute atomic E-state index is 11.9. The topological polar surface area (TPSA) is 66.4 Å². The maximum atomic E-state index is 11.9. The molecule has 0 spiro atoms. The third-order valence-electron chi connectivity index (χ3n) is 2.01. The van der Waals surface area contributed by atoms with Gasteiger partial charge in [0, 0.05) is 10.5 Å². The summed E-state index contributed by atoms with van der Waals surface area (Å²) in [5.74, 6) is 0. The van der Waals surface area contributed by atoms with E-state index in [0.717, 1.165) is 5.56 Å². The first-order chi connectivity index (χ1) is 7.36. The Bertz CT molecular complexity index is 473. The van der Waals surface area contributed by atoms with Gasteiger partial charge >= 0.3 is 0 Å². The zero-order chi connectivity index (χ0) is 12.3. The zero-order valence-electron chi connectivity index (χ0n) is 9.07. The highest BCUT2D eigenvalue weighted by Gasteiger charge is 2.19. The standard InChI is InChI=1S/C10H14BrNO3S/c1-7-3-4-10(9(11)5-7)16(14,15)12-8(2)6-13/h3-5,8,12-13H,6H2,1-2H3/t8-/m0/s1. The number of rotatable bonds is 4. The molecule has 6 heteroatoms. The van der Waals surface area contributed by atoms with Crippen LogP contribution in [0.2, 0.25) is 0 Å². The van der Waals surface area contributed by atoms with Crippen molar-refractivity contribution in [1.29, 1.82) is 0 Å². The number of aryl methyl sites for hydroxylation is 1. The van der Waals surface area contributed by atoms with Crippen LogP contribution in [-0.2, 0) is 10.0 Å². The largest absolute Gasteiger partial charge is 0.395 e. The molecule has 0 saturated carbocycles. The SMILES string of the molecule is Cc1ccc(S(=O)(=O)N[C@@H](C)CO)c(Br)c1. The van der Waals surface area contributed by atoms with Crippen molar-refractivity contribution in [3.05, 3.63) is 28.2 Å². The van der Waals surface area contributed by atoms with Crippen LogP contribution < -0.4 is 4.72 Å². The quantitative estimate of drug-likeness (QED) is 0.884. The van der Waals surface area contributed by atoms with Crippen LogP contribution in [0.3, 0.4) is 0 Å². The van der Waals surface area contributed by atoms with E-state index in [9.17, 15) is 8.42 Å². The van der Waals surface area contributed by atoms with Crippen molar-refractivity contribution in [1.82, 2.24) is 4.72 Å². The van der Waals surface area contributed by atoms with Gasteiger partial charge in [-0.1, -0.05) is 6.07 Å². The van der Waals surface area contributed by atoms with Crippen LogP contribution >= 0.6 is 15.9 Å². The van der Waals surface area contributed by atoms with Gasteiger partial charge in [-0.2, -0.15) is 0 Å². The molecule has 0 amide bonds. The fourth-order valence-electron chi connectivity index (χ4n) is 1.19. The van der Waals surface area contributed by atoms with E-state index in [2.05, 4.69) is 20.7 Å². The minimum absolute atomic E-state index is 0.179. The summed E-state index contributed by atoms with van der Waals surface area (Å²) in [7, 11) is -3.58. The Morgan fingerprint density at radius 2 is 2.12 bits per heavy atom. The van der Waals surface area contributed by atoms with E-state index in [0.29, 0.717) is 4.47 Å². The van der Waals surface area contributed by atoms with Crippen LogP contribution in [0.5, 0.6) is 0 Å². The number of benzene rings is 1. The van der Waals surface area contributed by atoms with Gasteiger partial charge in [-0.05, 0) is 47.5 Å². The molecular weight excluding hydrogens is 294 g/mol. The molecule has 0 aliphatic rings. The third kappa shape index (κ3) is 3.28. The van der Waals surface area contributed by atoms with Gasteiger partial charge in [-0.15, -0.1) is 0 Å². The lowest BCUT2D eigenvalue weighted by molar-refractivity contribution is 0.265. The highest BCUT2D eigenvalue weighted by Crippen LogP contribution is 2.22. The first-order valence-corrected chi connectivity index (χ1v) is 7.04. The molecule has 0 fully saturated rings. The Morgan fingerprint density at radius 3 is 2.62 bits per heavy atom. The molecule has 4 nitrogen and oxygen atoms in total. The summed E-state index contributed by atoms with van der Waals surface area (Å²) in [5, 5.41) is 8.82. The first kappa shape index (κ1) is 13.6. The van der Waals surface area contributed by atoms with Crippen molar-refractivity contribution in [2.24, 2.45) is 0 Å². The van der Waals surface area contributed by atoms with E-state index >= 15 is 0 Å². The van der Waals surface area contributed by atoms with Gasteiger partial charge in [-0.3, -0.25) is 0 Å². The Balaban J connectivity index is 3.08. The van der Waals surface area contributed by atoms with Crippen molar-refractivity contribution in [3.63, 3.8) is 0 Å². The van der Waals surface area contributed by atoms with E-state index in [1.165, 1.54) is 6.07 Å². The minimum atomic E-state index is -3.58. The van der Waals surface area contributed by atoms with E-state index in [1.807, 2.05) is 6.92 Å². The molecule has 0 bridgehead atoms. The normalized spacial score (nSPS) is 13.8. The number of hydrogen-bond acceptors (Lipinski definition) is 3. The van der Waals surface area contributed by atoms with Gasteiger partial charge in [-0.25, -0.2) is 13.1 Å². The lowest BCUT2D eigenvalue weighted by Crippen LogP contribution is -2.35. The molecule has 1 rings (SSSR count). The Labute approximate surface area is 104 Å². The molecular formula is C10H14BrNO3S. The van der Waals surface area contributed by atoms with Crippen molar-refractivity contribution in [2.75, 3.05) is 6.61 Å². The molecule has 1 atom stereocenters. The van der Waals surface area contributed by atoms with Gasteiger partial charge in [0.15, 0.2) is 0 Å². The van der Waals surface area contributed by atoms with Crippen molar-refractivity contribution in [2.45, 2.75) is 24.8 Å². The maximum Gasteiger partial charge on any atom is 0.242 e. The van der Waals surface area contributed by atoms with Gasteiger partial charge in [0.2, 0.25) is 10.0 Å². The zero-order valence-corrected chi connectivity index (χ0v) is 11.5. The molecule has 2 N–H and O–H groups in total. The summed E-state index contributed by atoms with van der Waals surface area (Å²) >= 11 is 3.21. The monoisotopic (exact) mass is 307 g/mol. The number of hydrogen-bond donors (Lipinski definition) is 2. The molecule has 0 radical (unpaired) electrons. The van der Waals surface area contributed by atoms with E-state index in [1.54, 1.807) is 19.1 Å². The highest BCUT2D eigenvalue weighted by atomic mass is 79.9. The summed E-state index contributed by atoms with van der Waals surface area (Å²) in [6, 6.07) is 4.49. The second kappa shape index (κ2) is 5.27.